The lowest BCUT2D eigenvalue weighted by atomic mass is 10.2. The van der Waals surface area contributed by atoms with Gasteiger partial charge < -0.3 is 26.4 Å². The molecular weight excluding hydrogens is 340 g/mol. The van der Waals surface area contributed by atoms with Gasteiger partial charge in [-0.15, -0.1) is 12.4 Å². The highest BCUT2D eigenvalue weighted by Crippen LogP contribution is 2.28. The molecule has 0 aliphatic carbocycles. The molecule has 1 aromatic carbocycles. The van der Waals surface area contributed by atoms with Crippen LogP contribution in [0.2, 0.25) is 0 Å². The second-order valence-corrected chi connectivity index (χ2v) is 6.03. The van der Waals surface area contributed by atoms with E-state index in [1.165, 1.54) is 7.11 Å². The van der Waals surface area contributed by atoms with Gasteiger partial charge in [0.2, 0.25) is 5.91 Å². The van der Waals surface area contributed by atoms with Crippen LogP contribution in [-0.4, -0.2) is 43.1 Å². The van der Waals surface area contributed by atoms with E-state index >= 15 is 0 Å². The molecule has 1 aliphatic heterocycles. The van der Waals surface area contributed by atoms with Crippen molar-refractivity contribution in [3.05, 3.63) is 18.2 Å². The molecule has 1 aromatic rings. The highest BCUT2D eigenvalue weighted by atomic mass is 35.5. The van der Waals surface area contributed by atoms with Crippen molar-refractivity contribution < 1.29 is 14.3 Å². The third kappa shape index (κ3) is 6.17. The number of anilines is 2. The Morgan fingerprint density at radius 2 is 2.22 bits per heavy atom. The summed E-state index contributed by atoms with van der Waals surface area (Å²) in [5, 5.41) is 8.61. The second-order valence-electron chi connectivity index (χ2n) is 4.88. The van der Waals surface area contributed by atoms with Gasteiger partial charge in [0.25, 0.3) is 0 Å². The van der Waals surface area contributed by atoms with E-state index in [-0.39, 0.29) is 24.4 Å². The summed E-state index contributed by atoms with van der Waals surface area (Å²) in [4.78, 5) is 22.9. The van der Waals surface area contributed by atoms with E-state index in [1.807, 2.05) is 11.8 Å². The number of hydrogen-bond acceptors (Lipinski definition) is 5. The first-order valence-corrected chi connectivity index (χ1v) is 8.09. The molecule has 0 bridgehead atoms. The molecule has 7 nitrogen and oxygen atoms in total. The second kappa shape index (κ2) is 9.49. The maximum Gasteiger partial charge on any atom is 0.316 e. The molecule has 1 heterocycles. The number of carbonyl (C=O) groups excluding carboxylic acids is 2. The smallest absolute Gasteiger partial charge is 0.316 e. The standard InChI is InChI=1S/C14H20N4O3S.ClH/c1-21-12-6-9(2-3-11(12)18-14(15)20)17-13(19)7-10-8-22-5-4-16-10;/h2-3,6,10,16H,4-5,7-8H2,1H3,(H,17,19)(H3,15,18,20);1H. The van der Waals surface area contributed by atoms with Crippen molar-refractivity contribution >= 4 is 47.5 Å². The summed E-state index contributed by atoms with van der Waals surface area (Å²) < 4.78 is 5.18. The van der Waals surface area contributed by atoms with E-state index in [0.717, 1.165) is 18.1 Å². The molecule has 0 spiro atoms. The monoisotopic (exact) mass is 360 g/mol. The third-order valence-electron chi connectivity index (χ3n) is 3.17. The SMILES string of the molecule is COc1cc(NC(=O)CC2CSCCN2)ccc1NC(N)=O.Cl. The fourth-order valence-electron chi connectivity index (χ4n) is 2.19. The lowest BCUT2D eigenvalue weighted by Gasteiger charge is -2.22. The molecule has 23 heavy (non-hydrogen) atoms. The number of ether oxygens (including phenoxy) is 1. The van der Waals surface area contributed by atoms with Gasteiger partial charge in [0, 0.05) is 42.3 Å². The molecule has 0 saturated carbocycles. The third-order valence-corrected chi connectivity index (χ3v) is 4.30. The first kappa shape index (κ1) is 19.4. The Morgan fingerprint density at radius 3 is 2.83 bits per heavy atom. The summed E-state index contributed by atoms with van der Waals surface area (Å²) in [5.41, 5.74) is 6.15. The topological polar surface area (TPSA) is 105 Å². The number of amides is 3. The van der Waals surface area contributed by atoms with Crippen LogP contribution in [0.25, 0.3) is 0 Å². The molecule has 3 amide bonds. The Morgan fingerprint density at radius 1 is 1.43 bits per heavy atom. The maximum absolute atomic E-state index is 12.1. The van der Waals surface area contributed by atoms with Crippen LogP contribution >= 0.6 is 24.2 Å². The number of hydrogen-bond donors (Lipinski definition) is 4. The predicted molar refractivity (Wildman–Crippen MR) is 95.8 cm³/mol. The van der Waals surface area contributed by atoms with Gasteiger partial charge in [-0.05, 0) is 12.1 Å². The molecule has 1 atom stereocenters. The number of methoxy groups -OCH3 is 1. The lowest BCUT2D eigenvalue weighted by molar-refractivity contribution is -0.116. The summed E-state index contributed by atoms with van der Waals surface area (Å²) in [7, 11) is 1.48. The van der Waals surface area contributed by atoms with E-state index in [0.29, 0.717) is 23.5 Å². The molecule has 1 unspecified atom stereocenters. The zero-order valence-corrected chi connectivity index (χ0v) is 14.4. The fourth-order valence-corrected chi connectivity index (χ4v) is 3.14. The number of benzene rings is 1. The van der Waals surface area contributed by atoms with Crippen molar-refractivity contribution in [3.63, 3.8) is 0 Å². The van der Waals surface area contributed by atoms with Crippen molar-refractivity contribution in [1.82, 2.24) is 5.32 Å². The summed E-state index contributed by atoms with van der Waals surface area (Å²) in [6.07, 6.45) is 0.427. The first-order valence-electron chi connectivity index (χ1n) is 6.94. The molecule has 128 valence electrons. The summed E-state index contributed by atoms with van der Waals surface area (Å²) in [6.45, 7) is 0.934. The number of nitrogens with one attached hydrogen (secondary N) is 3. The molecule has 0 radical (unpaired) electrons. The first-order chi connectivity index (χ1) is 10.6. The minimum atomic E-state index is -0.670. The number of nitrogens with two attached hydrogens (primary N) is 1. The van der Waals surface area contributed by atoms with Crippen molar-refractivity contribution in [3.8, 4) is 5.75 Å². The van der Waals surface area contributed by atoms with Crippen LogP contribution in [0.4, 0.5) is 16.2 Å². The largest absolute Gasteiger partial charge is 0.494 e. The maximum atomic E-state index is 12.1. The highest BCUT2D eigenvalue weighted by Gasteiger charge is 2.17. The van der Waals surface area contributed by atoms with Crippen molar-refractivity contribution in [2.24, 2.45) is 5.73 Å². The van der Waals surface area contributed by atoms with E-state index in [1.54, 1.807) is 18.2 Å². The summed E-state index contributed by atoms with van der Waals surface area (Å²) >= 11 is 1.85. The van der Waals surface area contributed by atoms with Gasteiger partial charge in [0.1, 0.15) is 5.75 Å². The average Bonchev–Trinajstić information content (AvgIpc) is 2.49. The van der Waals surface area contributed by atoms with Gasteiger partial charge in [0.05, 0.1) is 12.8 Å². The Hall–Kier alpha value is -1.64. The van der Waals surface area contributed by atoms with E-state index in [2.05, 4.69) is 16.0 Å². The van der Waals surface area contributed by atoms with Crippen LogP contribution in [0.1, 0.15) is 6.42 Å². The molecular formula is C14H21ClN4O3S. The molecule has 5 N–H and O–H groups in total. The van der Waals surface area contributed by atoms with Crippen LogP contribution in [-0.2, 0) is 4.79 Å². The van der Waals surface area contributed by atoms with Crippen molar-refractivity contribution in [1.29, 1.82) is 0 Å². The number of carbonyl (C=O) groups is 2. The van der Waals surface area contributed by atoms with Crippen LogP contribution in [0, 0.1) is 0 Å². The number of primary amides is 1. The van der Waals surface area contributed by atoms with E-state index in [9.17, 15) is 9.59 Å². The zero-order valence-electron chi connectivity index (χ0n) is 12.8. The van der Waals surface area contributed by atoms with Gasteiger partial charge in [-0.1, -0.05) is 0 Å². The normalized spacial score (nSPS) is 16.8. The van der Waals surface area contributed by atoms with Gasteiger partial charge in [-0.3, -0.25) is 4.79 Å². The predicted octanol–water partition coefficient (Wildman–Crippen LogP) is 1.64. The lowest BCUT2D eigenvalue weighted by Crippen LogP contribution is -2.39. The number of thioether (sulfide) groups is 1. The molecule has 1 aliphatic rings. The zero-order chi connectivity index (χ0) is 15.9. The van der Waals surface area contributed by atoms with Gasteiger partial charge in [-0.25, -0.2) is 4.79 Å². The van der Waals surface area contributed by atoms with Crippen LogP contribution < -0.4 is 26.4 Å². The summed E-state index contributed by atoms with van der Waals surface area (Å²) in [5.74, 6) is 2.41. The van der Waals surface area contributed by atoms with Crippen LogP contribution in [0.5, 0.6) is 5.75 Å². The minimum Gasteiger partial charge on any atom is -0.494 e. The number of halogens is 1. The van der Waals surface area contributed by atoms with Gasteiger partial charge in [0.15, 0.2) is 0 Å². The molecule has 1 fully saturated rings. The van der Waals surface area contributed by atoms with Crippen LogP contribution in [0.15, 0.2) is 18.2 Å². The molecule has 9 heteroatoms. The Bertz CT molecular complexity index is 553. The molecule has 2 rings (SSSR count). The Kier molecular flexibility index (Phi) is 8.01. The highest BCUT2D eigenvalue weighted by molar-refractivity contribution is 7.99. The summed E-state index contributed by atoms with van der Waals surface area (Å²) in [6, 6.07) is 4.50. The van der Waals surface area contributed by atoms with Gasteiger partial charge >= 0.3 is 6.03 Å². The Labute approximate surface area is 145 Å². The number of rotatable bonds is 5. The average molecular weight is 361 g/mol. The van der Waals surface area contributed by atoms with Gasteiger partial charge in [-0.2, -0.15) is 11.8 Å². The van der Waals surface area contributed by atoms with Crippen LogP contribution in [0.3, 0.4) is 0 Å². The molecule has 1 saturated heterocycles. The number of urea groups is 1. The fraction of sp³-hybridized carbons (Fsp3) is 0.429. The van der Waals surface area contributed by atoms with E-state index < -0.39 is 6.03 Å². The Balaban J connectivity index is 0.00000264. The quantitative estimate of drug-likeness (QED) is 0.638. The van der Waals surface area contributed by atoms with E-state index in [4.69, 9.17) is 10.5 Å². The van der Waals surface area contributed by atoms with Crippen molar-refractivity contribution in [2.45, 2.75) is 12.5 Å². The minimum absolute atomic E-state index is 0. The van der Waals surface area contributed by atoms with Crippen molar-refractivity contribution in [2.75, 3.05) is 35.8 Å². The molecule has 0 aromatic heterocycles.